The van der Waals surface area contributed by atoms with Gasteiger partial charge in [0.15, 0.2) is 0 Å². The maximum absolute atomic E-state index is 7.23. The van der Waals surface area contributed by atoms with Crippen molar-refractivity contribution in [2.75, 3.05) is 32.8 Å². The average Bonchev–Trinajstić information content (AvgIpc) is 2.19. The molecule has 2 heterocycles. The minimum absolute atomic E-state index is 0.0427. The maximum Gasteiger partial charge on any atom is 0.0881 e. The first kappa shape index (κ1) is 8.97. The van der Waals surface area contributed by atoms with Gasteiger partial charge < -0.3 is 15.0 Å². The predicted octanol–water partition coefficient (Wildman–Crippen LogP) is 0.0479. The van der Waals surface area contributed by atoms with Crippen LogP contribution in [-0.2, 0) is 4.74 Å². The third-order valence-electron chi connectivity index (χ3n) is 2.98. The zero-order chi connectivity index (χ0) is 9.15. The van der Waals surface area contributed by atoms with E-state index in [-0.39, 0.29) is 5.60 Å². The molecular weight excluding hydrogens is 166 g/mol. The van der Waals surface area contributed by atoms with E-state index in [4.69, 9.17) is 10.1 Å². The number of nitrogens with zero attached hydrogens (tertiary/aromatic N) is 1. The summed E-state index contributed by atoms with van der Waals surface area (Å²) in [6.45, 7) is 4.64. The number of piperidine rings is 1. The monoisotopic (exact) mass is 183 g/mol. The van der Waals surface area contributed by atoms with E-state index in [0.29, 0.717) is 0 Å². The van der Waals surface area contributed by atoms with Crippen molar-refractivity contribution in [3.05, 3.63) is 0 Å². The van der Waals surface area contributed by atoms with Crippen LogP contribution < -0.4 is 5.32 Å². The van der Waals surface area contributed by atoms with Crippen molar-refractivity contribution >= 4 is 6.34 Å². The van der Waals surface area contributed by atoms with Gasteiger partial charge in [0.05, 0.1) is 18.5 Å². The molecule has 2 aliphatic rings. The number of ether oxygens (including phenoxy) is 1. The summed E-state index contributed by atoms with van der Waals surface area (Å²) in [6.07, 6.45) is 3.60. The lowest BCUT2D eigenvalue weighted by Crippen LogP contribution is -2.55. The zero-order valence-electron chi connectivity index (χ0n) is 7.88. The zero-order valence-corrected chi connectivity index (χ0v) is 7.88. The highest BCUT2D eigenvalue weighted by Crippen LogP contribution is 2.26. The van der Waals surface area contributed by atoms with E-state index >= 15 is 0 Å². The van der Waals surface area contributed by atoms with Crippen molar-refractivity contribution in [1.82, 2.24) is 10.2 Å². The fourth-order valence-corrected chi connectivity index (χ4v) is 2.17. The summed E-state index contributed by atoms with van der Waals surface area (Å²) < 4.78 is 5.85. The first-order valence-corrected chi connectivity index (χ1v) is 4.94. The molecule has 0 bridgehead atoms. The van der Waals surface area contributed by atoms with Crippen LogP contribution in [0.2, 0.25) is 0 Å². The van der Waals surface area contributed by atoms with E-state index in [9.17, 15) is 0 Å². The third kappa shape index (κ3) is 1.84. The van der Waals surface area contributed by atoms with Crippen LogP contribution in [0.3, 0.4) is 0 Å². The normalized spacial score (nSPS) is 27.5. The number of nitrogens with one attached hydrogen (secondary N) is 2. The topological polar surface area (TPSA) is 48.4 Å². The van der Waals surface area contributed by atoms with Gasteiger partial charge >= 0.3 is 0 Å². The highest BCUT2D eigenvalue weighted by molar-refractivity contribution is 5.50. The Morgan fingerprint density at radius 2 is 2.15 bits per heavy atom. The maximum atomic E-state index is 7.23. The van der Waals surface area contributed by atoms with Gasteiger partial charge in [0.25, 0.3) is 0 Å². The predicted molar refractivity (Wildman–Crippen MR) is 51.1 cm³/mol. The molecule has 0 aliphatic carbocycles. The van der Waals surface area contributed by atoms with Crippen LogP contribution in [0.15, 0.2) is 0 Å². The Bertz CT molecular complexity index is 184. The quantitative estimate of drug-likeness (QED) is 0.446. The fraction of sp³-hybridized carbons (Fsp3) is 0.889. The molecule has 2 saturated heterocycles. The van der Waals surface area contributed by atoms with Crippen molar-refractivity contribution in [2.24, 2.45) is 0 Å². The van der Waals surface area contributed by atoms with E-state index in [1.807, 2.05) is 0 Å². The largest absolute Gasteiger partial charge is 0.371 e. The van der Waals surface area contributed by atoms with Gasteiger partial charge in [0.2, 0.25) is 0 Å². The van der Waals surface area contributed by atoms with Crippen molar-refractivity contribution in [3.63, 3.8) is 0 Å². The molecule has 0 radical (unpaired) electrons. The molecule has 0 amide bonds. The summed E-state index contributed by atoms with van der Waals surface area (Å²) in [5, 5.41) is 10.6. The number of hydrogen-bond donors (Lipinski definition) is 2. The Morgan fingerprint density at radius 3 is 2.85 bits per heavy atom. The van der Waals surface area contributed by atoms with Gasteiger partial charge in [0.1, 0.15) is 0 Å². The van der Waals surface area contributed by atoms with Crippen LogP contribution in [0.1, 0.15) is 12.8 Å². The lowest BCUT2D eigenvalue weighted by Gasteiger charge is -2.44. The first-order chi connectivity index (χ1) is 6.35. The highest BCUT2D eigenvalue weighted by Gasteiger charge is 2.36. The second-order valence-electron chi connectivity index (χ2n) is 3.88. The van der Waals surface area contributed by atoms with Gasteiger partial charge in [-0.05, 0) is 25.9 Å². The molecule has 0 atom stereocenters. The molecular formula is C9H17N3O. The number of rotatable bonds is 1. The van der Waals surface area contributed by atoms with Crippen LogP contribution in [0.4, 0.5) is 0 Å². The smallest absolute Gasteiger partial charge is 0.0881 e. The number of morpholine rings is 1. The molecule has 2 N–H and O–H groups in total. The lowest BCUT2D eigenvalue weighted by molar-refractivity contribution is -0.107. The Labute approximate surface area is 78.8 Å². The van der Waals surface area contributed by atoms with Crippen molar-refractivity contribution < 1.29 is 4.74 Å². The van der Waals surface area contributed by atoms with Gasteiger partial charge in [-0.1, -0.05) is 0 Å². The van der Waals surface area contributed by atoms with E-state index in [2.05, 4.69) is 10.2 Å². The van der Waals surface area contributed by atoms with Gasteiger partial charge in [-0.2, -0.15) is 0 Å². The molecule has 2 aliphatic heterocycles. The van der Waals surface area contributed by atoms with Gasteiger partial charge in [0, 0.05) is 13.1 Å². The molecule has 4 nitrogen and oxygen atoms in total. The molecule has 0 aromatic carbocycles. The Morgan fingerprint density at radius 1 is 1.38 bits per heavy atom. The highest BCUT2D eigenvalue weighted by atomic mass is 16.5. The first-order valence-electron chi connectivity index (χ1n) is 4.94. The Balaban J connectivity index is 1.99. The molecule has 74 valence electrons. The van der Waals surface area contributed by atoms with E-state index in [1.54, 1.807) is 0 Å². The van der Waals surface area contributed by atoms with Gasteiger partial charge in [-0.25, -0.2) is 0 Å². The lowest BCUT2D eigenvalue weighted by atomic mass is 9.90. The minimum atomic E-state index is 0.0427. The molecule has 2 rings (SSSR count). The van der Waals surface area contributed by atoms with Crippen LogP contribution in [0.25, 0.3) is 0 Å². The van der Waals surface area contributed by atoms with E-state index in [1.165, 1.54) is 6.34 Å². The average molecular weight is 183 g/mol. The molecule has 0 aromatic rings. The molecule has 4 heteroatoms. The summed E-state index contributed by atoms with van der Waals surface area (Å²) in [5.41, 5.74) is 0.0427. The van der Waals surface area contributed by atoms with Crippen LogP contribution in [0, 0.1) is 5.41 Å². The van der Waals surface area contributed by atoms with Crippen molar-refractivity contribution in [1.29, 1.82) is 5.41 Å². The summed E-state index contributed by atoms with van der Waals surface area (Å²) in [4.78, 5) is 2.05. The van der Waals surface area contributed by atoms with E-state index in [0.717, 1.165) is 45.6 Å². The second kappa shape index (κ2) is 3.64. The molecule has 13 heavy (non-hydrogen) atoms. The van der Waals surface area contributed by atoms with Crippen LogP contribution in [0.5, 0.6) is 0 Å². The van der Waals surface area contributed by atoms with Gasteiger partial charge in [-0.3, -0.25) is 5.41 Å². The summed E-state index contributed by atoms with van der Waals surface area (Å²) in [5.74, 6) is 0. The summed E-state index contributed by atoms with van der Waals surface area (Å²) in [6, 6.07) is 0. The minimum Gasteiger partial charge on any atom is -0.371 e. The molecule has 1 spiro atoms. The third-order valence-corrected chi connectivity index (χ3v) is 2.98. The summed E-state index contributed by atoms with van der Waals surface area (Å²) in [7, 11) is 0. The molecule has 0 unspecified atom stereocenters. The molecule has 0 saturated carbocycles. The Kier molecular flexibility index (Phi) is 2.51. The van der Waals surface area contributed by atoms with Crippen LogP contribution in [-0.4, -0.2) is 49.6 Å². The second-order valence-corrected chi connectivity index (χ2v) is 3.88. The number of hydrogen-bond acceptors (Lipinski definition) is 3. The van der Waals surface area contributed by atoms with E-state index < -0.39 is 0 Å². The Hall–Kier alpha value is -0.610. The molecule has 2 fully saturated rings. The fourth-order valence-electron chi connectivity index (χ4n) is 2.17. The molecule has 0 aromatic heterocycles. The van der Waals surface area contributed by atoms with Crippen molar-refractivity contribution in [3.8, 4) is 0 Å². The SMILES string of the molecule is N=CN1CCOC2(CCNCC2)C1. The van der Waals surface area contributed by atoms with Crippen LogP contribution >= 0.6 is 0 Å². The van der Waals surface area contributed by atoms with Crippen molar-refractivity contribution in [2.45, 2.75) is 18.4 Å². The standard InChI is InChI=1S/C9H17N3O/c10-8-12-5-6-13-9(7-12)1-3-11-4-2-9/h8,10-11H,1-7H2. The summed E-state index contributed by atoms with van der Waals surface area (Å²) >= 11 is 0. The van der Waals surface area contributed by atoms with Gasteiger partial charge in [-0.15, -0.1) is 0 Å².